The second kappa shape index (κ2) is 11.9. The molecule has 0 aromatic heterocycles. The molecule has 1 aliphatic heterocycles. The van der Waals surface area contributed by atoms with Gasteiger partial charge in [-0.15, -0.1) is 0 Å². The number of halogens is 1. The Morgan fingerprint density at radius 1 is 1.16 bits per heavy atom. The zero-order valence-electron chi connectivity index (χ0n) is 17.9. The first-order valence-corrected chi connectivity index (χ1v) is 11.2. The van der Waals surface area contributed by atoms with E-state index in [1.807, 2.05) is 36.4 Å². The Hall–Kier alpha value is -2.34. The Labute approximate surface area is 189 Å². The number of benzene rings is 2. The molecule has 3 rings (SSSR count). The van der Waals surface area contributed by atoms with E-state index in [0.29, 0.717) is 19.6 Å². The van der Waals surface area contributed by atoms with E-state index in [1.54, 1.807) is 6.92 Å². The van der Waals surface area contributed by atoms with Crippen LogP contribution in [0.2, 0.25) is 5.02 Å². The molecule has 6 heteroatoms. The second-order valence-electron chi connectivity index (χ2n) is 7.62. The topological polar surface area (TPSA) is 59.0 Å². The Kier molecular flexibility index (Phi) is 8.95. The highest BCUT2D eigenvalue weighted by Gasteiger charge is 2.18. The Morgan fingerprint density at radius 3 is 2.52 bits per heavy atom. The molecule has 5 nitrogen and oxygen atoms in total. The molecule has 0 aliphatic carbocycles. The maximum Gasteiger partial charge on any atom is 0.333 e. The zero-order valence-corrected chi connectivity index (χ0v) is 18.7. The van der Waals surface area contributed by atoms with Gasteiger partial charge < -0.3 is 14.6 Å². The lowest BCUT2D eigenvalue weighted by atomic mass is 9.99. The summed E-state index contributed by atoms with van der Waals surface area (Å²) >= 11 is 5.97. The maximum atomic E-state index is 11.2. The van der Waals surface area contributed by atoms with Crippen LogP contribution >= 0.6 is 11.6 Å². The molecule has 1 heterocycles. The third-order valence-corrected chi connectivity index (χ3v) is 5.64. The highest BCUT2D eigenvalue weighted by molar-refractivity contribution is 6.30. The van der Waals surface area contributed by atoms with Gasteiger partial charge >= 0.3 is 5.97 Å². The number of aliphatic carboxylic acids is 1. The predicted octanol–water partition coefficient (Wildman–Crippen LogP) is 4.93. The molecule has 1 aliphatic rings. The van der Waals surface area contributed by atoms with Crippen LogP contribution in [-0.2, 0) is 16.0 Å². The van der Waals surface area contributed by atoms with Gasteiger partial charge in [-0.2, -0.15) is 0 Å². The molecule has 0 radical (unpaired) electrons. The molecule has 31 heavy (non-hydrogen) atoms. The zero-order chi connectivity index (χ0) is 22.1. The minimum atomic E-state index is -0.935. The third kappa shape index (κ3) is 7.39. The molecular weight excluding hydrogens is 414 g/mol. The van der Waals surface area contributed by atoms with Gasteiger partial charge in [0.1, 0.15) is 5.75 Å². The van der Waals surface area contributed by atoms with E-state index in [1.165, 1.54) is 11.1 Å². The number of hydrogen-bond donors (Lipinski definition) is 1. The molecule has 0 saturated carbocycles. The van der Waals surface area contributed by atoms with Crippen LogP contribution in [0.25, 0.3) is 5.57 Å². The highest BCUT2D eigenvalue weighted by Crippen LogP contribution is 2.24. The molecule has 1 N–H and O–H groups in total. The molecule has 2 aromatic carbocycles. The molecule has 0 spiro atoms. The summed E-state index contributed by atoms with van der Waals surface area (Å²) in [6.45, 7) is 5.83. The Balaban J connectivity index is 1.37. The van der Waals surface area contributed by atoms with E-state index >= 15 is 0 Å². The van der Waals surface area contributed by atoms with Crippen molar-refractivity contribution in [1.82, 2.24) is 4.90 Å². The fraction of sp³-hybridized carbons (Fsp3) is 0.400. The van der Waals surface area contributed by atoms with Crippen molar-refractivity contribution < 1.29 is 19.4 Å². The van der Waals surface area contributed by atoms with E-state index in [2.05, 4.69) is 23.1 Å². The molecule has 166 valence electrons. The Bertz CT molecular complexity index is 864. The summed E-state index contributed by atoms with van der Waals surface area (Å²) in [5, 5.41) is 9.96. The standard InChI is InChI=1S/C25H30ClNO4/c1-2-30-24(25(28)29)18-19-4-10-23(11-5-19)31-17-3-14-27-15-12-21(13-16-27)20-6-8-22(26)9-7-20/h4-12,24H,2-3,13-18H2,1H3,(H,28,29). The smallest absolute Gasteiger partial charge is 0.333 e. The van der Waals surface area contributed by atoms with Gasteiger partial charge in [-0.05, 0) is 60.7 Å². The van der Waals surface area contributed by atoms with Crippen LogP contribution in [0.5, 0.6) is 5.75 Å². The van der Waals surface area contributed by atoms with Crippen LogP contribution in [0.1, 0.15) is 30.9 Å². The van der Waals surface area contributed by atoms with E-state index in [4.69, 9.17) is 21.1 Å². The highest BCUT2D eigenvalue weighted by atomic mass is 35.5. The largest absolute Gasteiger partial charge is 0.494 e. The first-order chi connectivity index (χ1) is 15.0. The van der Waals surface area contributed by atoms with Gasteiger partial charge in [0.25, 0.3) is 0 Å². The van der Waals surface area contributed by atoms with Crippen LogP contribution in [0.4, 0.5) is 0 Å². The minimum Gasteiger partial charge on any atom is -0.494 e. The molecule has 1 unspecified atom stereocenters. The average Bonchev–Trinajstić information content (AvgIpc) is 2.78. The number of carboxylic acid groups (broad SMARTS) is 1. The van der Waals surface area contributed by atoms with Crippen LogP contribution < -0.4 is 4.74 Å². The summed E-state index contributed by atoms with van der Waals surface area (Å²) in [6, 6.07) is 15.6. The summed E-state index contributed by atoms with van der Waals surface area (Å²) in [7, 11) is 0. The fourth-order valence-corrected chi connectivity index (χ4v) is 3.80. The third-order valence-electron chi connectivity index (χ3n) is 5.38. The van der Waals surface area contributed by atoms with Crippen molar-refractivity contribution in [3.63, 3.8) is 0 Å². The van der Waals surface area contributed by atoms with E-state index in [9.17, 15) is 9.90 Å². The lowest BCUT2D eigenvalue weighted by Crippen LogP contribution is -2.30. The van der Waals surface area contributed by atoms with Crippen LogP contribution in [0.3, 0.4) is 0 Å². The van der Waals surface area contributed by atoms with E-state index in [0.717, 1.165) is 48.8 Å². The first-order valence-electron chi connectivity index (χ1n) is 10.8. The molecule has 2 aromatic rings. The van der Waals surface area contributed by atoms with Gasteiger partial charge in [0.05, 0.1) is 6.61 Å². The van der Waals surface area contributed by atoms with E-state index < -0.39 is 12.1 Å². The van der Waals surface area contributed by atoms with Crippen molar-refractivity contribution in [3.8, 4) is 5.75 Å². The van der Waals surface area contributed by atoms with Crippen LogP contribution in [0.15, 0.2) is 54.6 Å². The average molecular weight is 444 g/mol. The van der Waals surface area contributed by atoms with Crippen molar-refractivity contribution in [2.24, 2.45) is 0 Å². The number of hydrogen-bond acceptors (Lipinski definition) is 4. The lowest BCUT2D eigenvalue weighted by molar-refractivity contribution is -0.149. The SMILES string of the molecule is CCOC(Cc1ccc(OCCCN2CC=C(c3ccc(Cl)cc3)CC2)cc1)C(=O)O. The molecule has 0 saturated heterocycles. The number of carboxylic acids is 1. The van der Waals surface area contributed by atoms with E-state index in [-0.39, 0.29) is 0 Å². The van der Waals surface area contributed by atoms with Gasteiger partial charge in [-0.25, -0.2) is 4.79 Å². The second-order valence-corrected chi connectivity index (χ2v) is 8.06. The number of carbonyl (C=O) groups is 1. The van der Waals surface area contributed by atoms with Gasteiger partial charge in [-0.1, -0.05) is 41.9 Å². The molecule has 0 amide bonds. The summed E-state index contributed by atoms with van der Waals surface area (Å²) in [6.07, 6.45) is 3.85. The molecule has 0 bridgehead atoms. The number of ether oxygens (including phenoxy) is 2. The molecule has 0 fully saturated rings. The van der Waals surface area contributed by atoms with Crippen molar-refractivity contribution in [2.75, 3.05) is 32.8 Å². The summed E-state index contributed by atoms with van der Waals surface area (Å²) < 4.78 is 11.1. The maximum absolute atomic E-state index is 11.2. The van der Waals surface area contributed by atoms with Gasteiger partial charge in [0, 0.05) is 37.7 Å². The van der Waals surface area contributed by atoms with Gasteiger partial charge in [0.15, 0.2) is 6.10 Å². The monoisotopic (exact) mass is 443 g/mol. The summed E-state index contributed by atoms with van der Waals surface area (Å²) in [5.74, 6) is -0.134. The number of nitrogens with zero attached hydrogens (tertiary/aromatic N) is 1. The minimum absolute atomic E-state index is 0.351. The molecular formula is C25H30ClNO4. The molecule has 1 atom stereocenters. The van der Waals surface area contributed by atoms with Crippen molar-refractivity contribution in [3.05, 3.63) is 70.8 Å². The van der Waals surface area contributed by atoms with Gasteiger partial charge in [-0.3, -0.25) is 4.90 Å². The van der Waals surface area contributed by atoms with Crippen molar-refractivity contribution in [1.29, 1.82) is 0 Å². The van der Waals surface area contributed by atoms with Gasteiger partial charge in [0.2, 0.25) is 0 Å². The van der Waals surface area contributed by atoms with Crippen LogP contribution in [0, 0.1) is 0 Å². The Morgan fingerprint density at radius 2 is 1.90 bits per heavy atom. The first kappa shape index (κ1) is 23.3. The summed E-state index contributed by atoms with van der Waals surface area (Å²) in [4.78, 5) is 13.6. The summed E-state index contributed by atoms with van der Waals surface area (Å²) in [5.41, 5.74) is 3.57. The van der Waals surface area contributed by atoms with Crippen molar-refractivity contribution >= 4 is 23.1 Å². The van der Waals surface area contributed by atoms with Crippen LogP contribution in [-0.4, -0.2) is 54.9 Å². The quantitative estimate of drug-likeness (QED) is 0.499. The fourth-order valence-electron chi connectivity index (χ4n) is 3.67. The lowest BCUT2D eigenvalue weighted by Gasteiger charge is -2.26. The predicted molar refractivity (Wildman–Crippen MR) is 124 cm³/mol. The van der Waals surface area contributed by atoms with Crippen molar-refractivity contribution in [2.45, 2.75) is 32.3 Å². The normalized spacial score (nSPS) is 15.4. The number of rotatable bonds is 11.